The van der Waals surface area contributed by atoms with Crippen LogP contribution >= 0.6 is 34.8 Å². The van der Waals surface area contributed by atoms with E-state index >= 15 is 0 Å². The summed E-state index contributed by atoms with van der Waals surface area (Å²) in [6.45, 7) is 0. The molecule has 3 aromatic carbocycles. The van der Waals surface area contributed by atoms with Crippen LogP contribution in [0.1, 0.15) is 10.4 Å². The largest absolute Gasteiger partial charge is 0.497 e. The van der Waals surface area contributed by atoms with E-state index in [1.54, 1.807) is 67.8 Å². The van der Waals surface area contributed by atoms with Gasteiger partial charge in [0.25, 0.3) is 0 Å². The van der Waals surface area contributed by atoms with Crippen molar-refractivity contribution < 1.29 is 14.3 Å². The highest BCUT2D eigenvalue weighted by Gasteiger charge is 2.12. The Morgan fingerprint density at radius 3 is 1.96 bits per heavy atom. The van der Waals surface area contributed by atoms with Crippen LogP contribution in [0, 0.1) is 0 Å². The van der Waals surface area contributed by atoms with Gasteiger partial charge in [-0.25, -0.2) is 4.79 Å². The molecule has 0 atom stereocenters. The summed E-state index contributed by atoms with van der Waals surface area (Å²) in [5.74, 6) is 0.331. The molecule has 0 fully saturated rings. The third-order valence-corrected chi connectivity index (χ3v) is 4.66. The minimum absolute atomic E-state index is 0.218. The molecule has 0 aliphatic rings. The molecule has 0 unspecified atom stereocenters. The van der Waals surface area contributed by atoms with Crippen LogP contribution in [0.4, 0.5) is 11.4 Å². The Morgan fingerprint density at radius 2 is 1.39 bits per heavy atom. The molecular weight excluding hydrogens is 423 g/mol. The lowest BCUT2D eigenvalue weighted by molar-refractivity contribution is 0.0735. The van der Waals surface area contributed by atoms with Gasteiger partial charge in [0.2, 0.25) is 0 Å². The molecule has 0 radical (unpaired) electrons. The van der Waals surface area contributed by atoms with E-state index in [0.29, 0.717) is 32.7 Å². The number of carbonyl (C=O) groups is 1. The highest BCUT2D eigenvalue weighted by Crippen LogP contribution is 2.32. The lowest BCUT2D eigenvalue weighted by Crippen LogP contribution is -2.08. The molecule has 28 heavy (non-hydrogen) atoms. The van der Waals surface area contributed by atoms with Crippen molar-refractivity contribution in [1.29, 1.82) is 0 Å². The van der Waals surface area contributed by atoms with Gasteiger partial charge in [-0.1, -0.05) is 34.8 Å². The quantitative estimate of drug-likeness (QED) is 0.240. The molecule has 0 heterocycles. The second kappa shape index (κ2) is 9.06. The highest BCUT2D eigenvalue weighted by atomic mass is 35.5. The summed E-state index contributed by atoms with van der Waals surface area (Å²) in [6.07, 6.45) is 0. The predicted octanol–water partition coefficient (Wildman–Crippen LogP) is 7.29. The first-order valence-electron chi connectivity index (χ1n) is 7.99. The van der Waals surface area contributed by atoms with Crippen molar-refractivity contribution in [2.45, 2.75) is 0 Å². The van der Waals surface area contributed by atoms with Gasteiger partial charge in [-0.3, -0.25) is 0 Å². The minimum Gasteiger partial charge on any atom is -0.497 e. The standard InChI is InChI=1S/C20H13Cl3N2O3/c1-27-15-6-2-12(3-7-15)20(26)28-19-9-5-14(11-18(19)23)25-24-13-4-8-16(21)17(22)10-13/h2-11H,1H3. The zero-order chi connectivity index (χ0) is 20.1. The molecular formula is C20H13Cl3N2O3. The second-order valence-electron chi connectivity index (χ2n) is 5.53. The fourth-order valence-corrected chi connectivity index (χ4v) is 2.69. The summed E-state index contributed by atoms with van der Waals surface area (Å²) in [4.78, 5) is 12.2. The molecule has 3 rings (SSSR count). The molecule has 142 valence electrons. The predicted molar refractivity (Wildman–Crippen MR) is 110 cm³/mol. The normalized spacial score (nSPS) is 10.9. The number of methoxy groups -OCH3 is 1. The topological polar surface area (TPSA) is 60.2 Å². The van der Waals surface area contributed by atoms with Crippen LogP contribution in [0.25, 0.3) is 0 Å². The Balaban J connectivity index is 1.71. The fourth-order valence-electron chi connectivity index (χ4n) is 2.18. The van der Waals surface area contributed by atoms with Gasteiger partial charge in [-0.15, -0.1) is 0 Å². The van der Waals surface area contributed by atoms with E-state index < -0.39 is 5.97 Å². The molecule has 0 spiro atoms. The number of halogens is 3. The Kier molecular flexibility index (Phi) is 6.52. The van der Waals surface area contributed by atoms with E-state index in [9.17, 15) is 4.79 Å². The lowest BCUT2D eigenvalue weighted by atomic mass is 10.2. The number of carbonyl (C=O) groups excluding carboxylic acids is 1. The second-order valence-corrected chi connectivity index (χ2v) is 6.75. The first-order valence-corrected chi connectivity index (χ1v) is 9.12. The van der Waals surface area contributed by atoms with Gasteiger partial charge in [-0.2, -0.15) is 10.2 Å². The minimum atomic E-state index is -0.533. The molecule has 0 saturated carbocycles. The third kappa shape index (κ3) is 5.01. The Bertz CT molecular complexity index is 1040. The maximum atomic E-state index is 12.2. The molecule has 0 saturated heterocycles. The zero-order valence-electron chi connectivity index (χ0n) is 14.5. The molecule has 0 aliphatic heterocycles. The van der Waals surface area contributed by atoms with Crippen LogP contribution in [-0.4, -0.2) is 13.1 Å². The first kappa shape index (κ1) is 20.1. The Morgan fingerprint density at radius 1 is 0.786 bits per heavy atom. The maximum absolute atomic E-state index is 12.2. The number of rotatable bonds is 5. The first-order chi connectivity index (χ1) is 13.5. The average molecular weight is 436 g/mol. The highest BCUT2D eigenvalue weighted by molar-refractivity contribution is 6.42. The Labute approximate surface area is 176 Å². The van der Waals surface area contributed by atoms with E-state index in [-0.39, 0.29) is 10.8 Å². The smallest absolute Gasteiger partial charge is 0.343 e. The van der Waals surface area contributed by atoms with Crippen molar-refractivity contribution in [3.63, 3.8) is 0 Å². The SMILES string of the molecule is COc1ccc(C(=O)Oc2ccc(N=Nc3ccc(Cl)c(Cl)c3)cc2Cl)cc1. The summed E-state index contributed by atoms with van der Waals surface area (Å²) >= 11 is 18.0. The van der Waals surface area contributed by atoms with Crippen LogP contribution in [-0.2, 0) is 0 Å². The van der Waals surface area contributed by atoms with Crippen molar-refractivity contribution in [2.24, 2.45) is 10.2 Å². The van der Waals surface area contributed by atoms with Gasteiger partial charge < -0.3 is 9.47 Å². The molecule has 0 aliphatic carbocycles. The zero-order valence-corrected chi connectivity index (χ0v) is 16.8. The molecule has 0 aromatic heterocycles. The van der Waals surface area contributed by atoms with Crippen LogP contribution in [0.5, 0.6) is 11.5 Å². The lowest BCUT2D eigenvalue weighted by Gasteiger charge is -2.07. The van der Waals surface area contributed by atoms with E-state index in [0.717, 1.165) is 0 Å². The molecule has 0 bridgehead atoms. The average Bonchev–Trinajstić information content (AvgIpc) is 2.70. The van der Waals surface area contributed by atoms with Gasteiger partial charge in [-0.05, 0) is 60.7 Å². The molecule has 8 heteroatoms. The summed E-state index contributed by atoms with van der Waals surface area (Å²) in [6, 6.07) is 16.2. The van der Waals surface area contributed by atoms with Gasteiger partial charge in [0.1, 0.15) is 11.5 Å². The number of azo groups is 1. The number of benzene rings is 3. The van der Waals surface area contributed by atoms with E-state index in [1.165, 1.54) is 0 Å². The van der Waals surface area contributed by atoms with Gasteiger partial charge in [0, 0.05) is 0 Å². The summed E-state index contributed by atoms with van der Waals surface area (Å²) in [5.41, 5.74) is 1.40. The summed E-state index contributed by atoms with van der Waals surface area (Å²) < 4.78 is 10.4. The molecule has 0 amide bonds. The van der Waals surface area contributed by atoms with Crippen LogP contribution in [0.2, 0.25) is 15.1 Å². The monoisotopic (exact) mass is 434 g/mol. The van der Waals surface area contributed by atoms with Crippen molar-refractivity contribution in [2.75, 3.05) is 7.11 Å². The van der Waals surface area contributed by atoms with E-state index in [2.05, 4.69) is 10.2 Å². The number of esters is 1. The molecule has 0 N–H and O–H groups in total. The van der Waals surface area contributed by atoms with Crippen molar-refractivity contribution in [3.05, 3.63) is 81.3 Å². The number of hydrogen-bond donors (Lipinski definition) is 0. The molecule has 5 nitrogen and oxygen atoms in total. The van der Waals surface area contributed by atoms with Gasteiger partial charge in [0.15, 0.2) is 0 Å². The maximum Gasteiger partial charge on any atom is 0.343 e. The fraction of sp³-hybridized carbons (Fsp3) is 0.0500. The summed E-state index contributed by atoms with van der Waals surface area (Å²) in [5, 5.41) is 9.22. The number of hydrogen-bond acceptors (Lipinski definition) is 5. The van der Waals surface area contributed by atoms with E-state index in [1.807, 2.05) is 0 Å². The Hall–Kier alpha value is -2.60. The number of ether oxygens (including phenoxy) is 2. The van der Waals surface area contributed by atoms with Crippen LogP contribution in [0.3, 0.4) is 0 Å². The van der Waals surface area contributed by atoms with Crippen molar-refractivity contribution in [3.8, 4) is 11.5 Å². The van der Waals surface area contributed by atoms with Crippen LogP contribution < -0.4 is 9.47 Å². The van der Waals surface area contributed by atoms with Crippen molar-refractivity contribution >= 4 is 52.1 Å². The van der Waals surface area contributed by atoms with Gasteiger partial charge in [0.05, 0.1) is 39.1 Å². The number of nitrogens with zero attached hydrogens (tertiary/aromatic N) is 2. The van der Waals surface area contributed by atoms with Crippen molar-refractivity contribution in [1.82, 2.24) is 0 Å². The van der Waals surface area contributed by atoms with Crippen LogP contribution in [0.15, 0.2) is 70.9 Å². The molecule has 3 aromatic rings. The third-order valence-electron chi connectivity index (χ3n) is 3.63. The van der Waals surface area contributed by atoms with Gasteiger partial charge >= 0.3 is 5.97 Å². The van der Waals surface area contributed by atoms with E-state index in [4.69, 9.17) is 44.3 Å². The summed E-state index contributed by atoms with van der Waals surface area (Å²) in [7, 11) is 1.55.